The number of carbonyl (C=O) groups excluding carboxylic acids is 7. The second-order valence-electron chi connectivity index (χ2n) is 32.1. The number of nitrogens with two attached hydrogens (primary N) is 1. The van der Waals surface area contributed by atoms with Gasteiger partial charge in [-0.25, -0.2) is 15.9 Å². The fourth-order valence-electron chi connectivity index (χ4n) is 15.8. The van der Waals surface area contributed by atoms with Crippen LogP contribution >= 0.6 is 12.4 Å². The lowest BCUT2D eigenvalue weighted by atomic mass is 9.90. The van der Waals surface area contributed by atoms with Crippen LogP contribution < -0.4 is 78.9 Å². The number of halogens is 1. The number of fused-ring (bicyclic) bond motifs is 7. The van der Waals surface area contributed by atoms with E-state index in [0.29, 0.717) is 157 Å². The zero-order chi connectivity index (χ0) is 98.5. The van der Waals surface area contributed by atoms with Crippen molar-refractivity contribution in [2.24, 2.45) is 5.90 Å². The van der Waals surface area contributed by atoms with Gasteiger partial charge in [-0.2, -0.15) is 5.16 Å². The van der Waals surface area contributed by atoms with Gasteiger partial charge < -0.3 is 120 Å². The lowest BCUT2D eigenvalue weighted by Crippen LogP contribution is -2.24. The van der Waals surface area contributed by atoms with Crippen LogP contribution in [0.4, 0.5) is 11.6 Å². The Labute approximate surface area is 809 Å². The molecule has 4 unspecified atom stereocenters. The molecule has 4 atom stereocenters. The summed E-state index contributed by atoms with van der Waals surface area (Å²) >= 11 is 0. The molecule has 8 aliphatic heterocycles. The predicted molar refractivity (Wildman–Crippen MR) is 494 cm³/mol. The van der Waals surface area contributed by atoms with Crippen molar-refractivity contribution in [3.8, 4) is 69.3 Å². The first kappa shape index (κ1) is 105. The van der Waals surface area contributed by atoms with E-state index in [9.17, 15) is 53.1 Å². The molecule has 1 saturated heterocycles. The molecule has 0 amide bonds. The van der Waals surface area contributed by atoms with E-state index >= 15 is 0 Å². The van der Waals surface area contributed by atoms with E-state index in [-0.39, 0.29) is 157 Å². The Hall–Kier alpha value is -15.1. The predicted octanol–water partition coefficient (Wildman–Crippen LogP) is 13.2. The van der Waals surface area contributed by atoms with Gasteiger partial charge in [0, 0.05) is 118 Å². The van der Waals surface area contributed by atoms with Crippen LogP contribution in [0.25, 0.3) is 0 Å². The van der Waals surface area contributed by atoms with Gasteiger partial charge in [-0.15, -0.1) is 12.4 Å². The minimum atomic E-state index is -1.02. The Balaban J connectivity index is 0.000000167. The van der Waals surface area contributed by atoms with Crippen LogP contribution in [0.15, 0.2) is 152 Å². The summed E-state index contributed by atoms with van der Waals surface area (Å²) < 4.78 is 105. The zero-order valence-corrected chi connectivity index (χ0v) is 78.5. The van der Waals surface area contributed by atoms with Crippen LogP contribution in [0.3, 0.4) is 0 Å². The number of nitrogens with zero attached hydrogens (tertiary/aromatic N) is 4. The van der Waals surface area contributed by atoms with Crippen LogP contribution in [0, 0.1) is 0 Å². The minimum Gasteiger partial charge on any atom is -0.481 e. The van der Waals surface area contributed by atoms with Crippen LogP contribution in [-0.4, -0.2) is 181 Å². The lowest BCUT2D eigenvalue weighted by Gasteiger charge is -2.20. The summed E-state index contributed by atoms with van der Waals surface area (Å²) in [6.07, 6.45) is 7.14. The number of anilines is 2. The molecular weight excluding hydrogens is 1850 g/mol. The number of carbonyl (C=O) groups is 9. The first-order valence-electron chi connectivity index (χ1n) is 45.3. The van der Waals surface area contributed by atoms with E-state index in [1.54, 1.807) is 70.2 Å². The molecule has 8 N–H and O–H groups in total. The topological polar surface area (TPSA) is 545 Å². The Morgan fingerprint density at radius 1 is 0.436 bits per heavy atom. The van der Waals surface area contributed by atoms with E-state index < -0.39 is 35.8 Å². The standard InChI is InChI=1S/C26H29N3O6.C24H25N3O6.C16H17NO6.C16H18O7.C12H10O5.C4H8O2.ClH.H3NO/c1-2-31-25(30)14-19(18-6-8-22-23(13-18)34-16-33-22)12-21-15-24(29-35-21)32-11-9-20-7-5-17-4-3-10-27-26(17)28-20;28-23(29)12-17(16-4-6-20-21(11-16)32-14-31-20)10-19-13-22(27-33-19)30-9-7-18-5-3-15-2-1-8-25-24(15)26-18;1-2-20-16(19)7-11(5-12-8-15(18)17-23-12)10-3-4-13-14(6-10)22-9-21-13;1-2-21-16(20)8-12(17)5-11(7-15(18)19)10-3-4-13-14(6-10)23-9-22-13;13-11-4-8(5-12(14)17-11)7-1-2-9-10(3-7)16-6-15-9;1-3-6-4(2)5;;1-2/h5-8,13,15,19H,2-4,9-12,14,16H2,1H3,(H,27,28);3-6,11,13,17H,1-2,7-10,12,14H2,(H,25,26)(H,28,29);3-4,6,8,11H,2,5,7,9H2,1H3,(H,17,18);3-4,6,11H,2,5,7-9H2,1H3,(H,18,19);1-3,8H,4-6H2;3H2,1-2H3;1H;2H,1H2. The van der Waals surface area contributed by atoms with Gasteiger partial charge in [-0.05, 0) is 175 Å². The number of hydrogen-bond acceptors (Lipinski definition) is 38. The number of carboxylic acids is 2. The van der Waals surface area contributed by atoms with E-state index in [1.807, 2.05) is 66.7 Å². The van der Waals surface area contributed by atoms with Gasteiger partial charge in [0.1, 0.15) is 41.1 Å². The molecule has 0 saturated carbocycles. The molecule has 0 bridgehead atoms. The number of ether oxygens (including phenoxy) is 17. The molecule has 13 heterocycles. The van der Waals surface area contributed by atoms with Crippen molar-refractivity contribution in [2.45, 2.75) is 173 Å². The second-order valence-corrected chi connectivity index (χ2v) is 32.1. The van der Waals surface area contributed by atoms with Crippen LogP contribution in [-0.2, 0) is 112 Å². The van der Waals surface area contributed by atoms with Crippen LogP contribution in [0.2, 0.25) is 0 Å². The fourth-order valence-corrected chi connectivity index (χ4v) is 15.8. The highest BCUT2D eigenvalue weighted by Gasteiger charge is 2.33. The molecule has 1 fully saturated rings. The monoisotopic (exact) mass is 1960 g/mol. The summed E-state index contributed by atoms with van der Waals surface area (Å²) in [5.74, 6) is 8.45. The van der Waals surface area contributed by atoms with Gasteiger partial charge >= 0.3 is 47.8 Å². The molecule has 140 heavy (non-hydrogen) atoms. The van der Waals surface area contributed by atoms with Gasteiger partial charge in [-0.3, -0.25) is 47.9 Å². The van der Waals surface area contributed by atoms with E-state index in [0.717, 1.165) is 84.1 Å². The van der Waals surface area contributed by atoms with Crippen LogP contribution in [0.5, 0.6) is 69.3 Å². The van der Waals surface area contributed by atoms with Gasteiger partial charge in [0.2, 0.25) is 34.0 Å². The number of cyclic esters (lactones) is 2. The molecule has 41 nitrogen and oxygen atoms in total. The minimum absolute atomic E-state index is 0. The first-order chi connectivity index (χ1) is 67.4. The number of benzene rings is 5. The molecule has 0 radical (unpaired) electrons. The van der Waals surface area contributed by atoms with Gasteiger partial charge in [-0.1, -0.05) is 42.5 Å². The van der Waals surface area contributed by atoms with Gasteiger partial charge in [0.05, 0.1) is 78.2 Å². The third-order valence-electron chi connectivity index (χ3n) is 22.3. The second kappa shape index (κ2) is 53.6. The first-order valence-corrected chi connectivity index (χ1v) is 45.3. The van der Waals surface area contributed by atoms with E-state index in [2.05, 4.69) is 64.7 Å². The molecule has 748 valence electrons. The zero-order valence-electron chi connectivity index (χ0n) is 77.7. The normalized spacial score (nSPS) is 14.4. The number of ketones is 1. The number of pyridine rings is 2. The van der Waals surface area contributed by atoms with Gasteiger partial charge in [0.25, 0.3) is 17.3 Å². The molecule has 0 spiro atoms. The fraction of sp³-hybridized carbons (Fsp3) is 0.408. The third kappa shape index (κ3) is 32.0. The maximum Gasteiger partial charge on any atom is 0.314 e. The van der Waals surface area contributed by atoms with Crippen molar-refractivity contribution in [3.05, 3.63) is 211 Å². The summed E-state index contributed by atoms with van der Waals surface area (Å²) in [4.78, 5) is 123. The summed E-state index contributed by atoms with van der Waals surface area (Å²) in [5.41, 5.74) is 8.38. The highest BCUT2D eigenvalue weighted by Crippen LogP contribution is 2.43. The summed E-state index contributed by atoms with van der Waals surface area (Å²) in [6, 6.07) is 40.4. The van der Waals surface area contributed by atoms with Crippen molar-refractivity contribution < 1.29 is 153 Å². The number of nitrogens with one attached hydrogen (secondary N) is 3. The average Bonchev–Trinajstić information content (AvgIpc) is 1.60. The number of aryl methyl sites for hydroxylation is 2. The summed E-state index contributed by atoms with van der Waals surface area (Å²) in [6.45, 7) is 13.4. The SMILES string of the molecule is CCOC(=O)CC(=O)CC(CC(=O)O)c1ccc2c(c1)OCO2.CCOC(=O)CC(Cc1cc(=O)[nH]o1)c1ccc2c(c1)OCO2.CCOC(=O)CC(Cc1cc(OCCc2ccc3c(n2)NCCC3)no1)c1ccc2c(c1)OCO2.CCOC(C)=O.Cl.NO.O=C(O)CC(Cc1cc(OCCc2ccc3c(n2)NCCC3)no1)c1ccc2c(c1)OCO2.O=C1CC(c2ccc3c(c2)OCO3)CC(=O)O1. The summed E-state index contributed by atoms with van der Waals surface area (Å²) in [7, 11) is 0. The molecule has 0 aliphatic carbocycles. The third-order valence-corrected chi connectivity index (χ3v) is 22.3. The largest absolute Gasteiger partial charge is 0.481 e. The number of H-pyrrole nitrogens is 1. The van der Waals surface area contributed by atoms with Crippen molar-refractivity contribution in [2.75, 3.05) is 97.3 Å². The number of carboxylic acid groups (broad SMARTS) is 2. The van der Waals surface area contributed by atoms with E-state index in [1.165, 1.54) is 24.1 Å². The number of aromatic nitrogens is 5. The maximum absolute atomic E-state index is 12.3. The maximum atomic E-state index is 12.3. The Morgan fingerprint density at radius 2 is 0.814 bits per heavy atom. The Bertz CT molecular complexity index is 5900. The number of aromatic amines is 1. The van der Waals surface area contributed by atoms with Crippen molar-refractivity contribution in [1.29, 1.82) is 0 Å². The smallest absolute Gasteiger partial charge is 0.314 e. The Morgan fingerprint density at radius 3 is 1.21 bits per heavy atom. The van der Waals surface area contributed by atoms with Crippen molar-refractivity contribution >= 4 is 77.6 Å². The molecule has 5 aromatic heterocycles. The van der Waals surface area contributed by atoms with Crippen molar-refractivity contribution in [1.82, 2.24) is 25.4 Å². The molecular formula is C98H111ClN8O33. The number of rotatable bonds is 35. The molecule has 18 rings (SSSR count). The lowest BCUT2D eigenvalue weighted by molar-refractivity contribution is -0.164. The highest BCUT2D eigenvalue weighted by atomic mass is 35.5. The highest BCUT2D eigenvalue weighted by molar-refractivity contribution is 5.96. The van der Waals surface area contributed by atoms with Crippen LogP contribution in [0.1, 0.15) is 196 Å². The number of aliphatic carboxylic acids is 2. The molecule has 5 aromatic carbocycles. The number of Topliss-reactive ketones (excluding diaryl/α,β-unsaturated/α-hetero) is 1. The quantitative estimate of drug-likeness (QED) is 0.00839. The van der Waals surface area contributed by atoms with Crippen molar-refractivity contribution in [3.63, 3.8) is 0 Å². The van der Waals surface area contributed by atoms with E-state index in [4.69, 9.17) is 99.9 Å². The number of esters is 6. The van der Waals surface area contributed by atoms with Gasteiger partial charge in [0.15, 0.2) is 57.5 Å². The average molecular weight is 1960 g/mol. The molecule has 8 aliphatic rings. The molecule has 42 heteroatoms. The Kier molecular flexibility index (Phi) is 40.3. The molecule has 10 aromatic rings. The summed E-state index contributed by atoms with van der Waals surface area (Å²) in [5, 5.41) is 41.9. The number of hydrogen-bond donors (Lipinski definition) is 7.